The van der Waals surface area contributed by atoms with E-state index in [1.54, 1.807) is 0 Å². The normalized spacial score (nSPS) is 11.9. The van der Waals surface area contributed by atoms with Crippen molar-refractivity contribution in [3.8, 4) is 11.5 Å². The molecular formula is C16H18N2O3. The lowest BCUT2D eigenvalue weighted by molar-refractivity contribution is 0.0939. The number of amides is 1. The molecule has 0 fully saturated rings. The topological polar surface area (TPSA) is 95.6 Å². The summed E-state index contributed by atoms with van der Waals surface area (Å²) in [5.74, 6) is -0.670. The maximum Gasteiger partial charge on any atom is 0.252 e. The van der Waals surface area contributed by atoms with E-state index < -0.39 is 0 Å². The summed E-state index contributed by atoms with van der Waals surface area (Å²) in [4.78, 5) is 12.1. The quantitative estimate of drug-likeness (QED) is 0.691. The second-order valence-corrected chi connectivity index (χ2v) is 4.88. The maximum absolute atomic E-state index is 12.1. The van der Waals surface area contributed by atoms with Gasteiger partial charge in [-0.05, 0) is 30.2 Å². The molecule has 1 atom stereocenters. The first-order valence-electron chi connectivity index (χ1n) is 6.62. The van der Waals surface area contributed by atoms with E-state index in [1.165, 1.54) is 18.2 Å². The fourth-order valence-corrected chi connectivity index (χ4v) is 2.03. The molecule has 0 aliphatic rings. The van der Waals surface area contributed by atoms with Gasteiger partial charge in [0.1, 0.15) is 11.5 Å². The molecule has 0 saturated carbocycles. The van der Waals surface area contributed by atoms with Crippen molar-refractivity contribution in [3.05, 3.63) is 59.2 Å². The van der Waals surface area contributed by atoms with Gasteiger partial charge in [-0.1, -0.05) is 24.3 Å². The van der Waals surface area contributed by atoms with Gasteiger partial charge >= 0.3 is 0 Å². The molecule has 110 valence electrons. The second-order valence-electron chi connectivity index (χ2n) is 4.88. The van der Waals surface area contributed by atoms with Crippen LogP contribution in [0.1, 0.15) is 34.5 Å². The van der Waals surface area contributed by atoms with Crippen LogP contribution in [0.15, 0.2) is 42.5 Å². The van der Waals surface area contributed by atoms with Crippen molar-refractivity contribution < 1.29 is 15.0 Å². The highest BCUT2D eigenvalue weighted by atomic mass is 16.3. The molecule has 1 amide bonds. The van der Waals surface area contributed by atoms with E-state index in [0.29, 0.717) is 6.54 Å². The van der Waals surface area contributed by atoms with Crippen LogP contribution in [0.3, 0.4) is 0 Å². The summed E-state index contributed by atoms with van der Waals surface area (Å²) >= 11 is 0. The summed E-state index contributed by atoms with van der Waals surface area (Å²) in [6, 6.07) is 11.2. The highest BCUT2D eigenvalue weighted by Gasteiger charge is 2.13. The largest absolute Gasteiger partial charge is 0.508 e. The number of benzene rings is 2. The molecule has 0 aromatic heterocycles. The summed E-state index contributed by atoms with van der Waals surface area (Å²) in [6.45, 7) is 2.33. The van der Waals surface area contributed by atoms with Gasteiger partial charge in [-0.25, -0.2) is 0 Å². The van der Waals surface area contributed by atoms with Gasteiger partial charge in [0, 0.05) is 18.2 Å². The van der Waals surface area contributed by atoms with Crippen LogP contribution in [0, 0.1) is 0 Å². The number of hydrogen-bond acceptors (Lipinski definition) is 4. The monoisotopic (exact) mass is 286 g/mol. The highest BCUT2D eigenvalue weighted by Crippen LogP contribution is 2.21. The number of rotatable bonds is 4. The van der Waals surface area contributed by atoms with Crippen LogP contribution in [0.25, 0.3) is 0 Å². The average Bonchev–Trinajstić information content (AvgIpc) is 2.46. The Morgan fingerprint density at radius 2 is 1.71 bits per heavy atom. The molecule has 2 rings (SSSR count). The highest BCUT2D eigenvalue weighted by molar-refractivity contribution is 5.95. The summed E-state index contributed by atoms with van der Waals surface area (Å²) in [5.41, 5.74) is 7.72. The Morgan fingerprint density at radius 1 is 1.14 bits per heavy atom. The van der Waals surface area contributed by atoms with E-state index in [4.69, 9.17) is 5.73 Å². The third kappa shape index (κ3) is 3.73. The Hall–Kier alpha value is -2.53. The van der Waals surface area contributed by atoms with E-state index in [0.717, 1.165) is 11.1 Å². The first kappa shape index (κ1) is 14.9. The third-order valence-electron chi connectivity index (χ3n) is 3.23. The minimum absolute atomic E-state index is 0.153. The number of carbonyl (C=O) groups excluding carboxylic acids is 1. The van der Waals surface area contributed by atoms with E-state index in [9.17, 15) is 15.0 Å². The van der Waals surface area contributed by atoms with Crippen LogP contribution < -0.4 is 11.1 Å². The van der Waals surface area contributed by atoms with Crippen molar-refractivity contribution in [1.29, 1.82) is 0 Å². The van der Waals surface area contributed by atoms with E-state index in [-0.39, 0.29) is 29.0 Å². The summed E-state index contributed by atoms with van der Waals surface area (Å²) < 4.78 is 0. The van der Waals surface area contributed by atoms with Gasteiger partial charge in [0.05, 0.1) is 6.04 Å². The zero-order valence-electron chi connectivity index (χ0n) is 11.7. The van der Waals surface area contributed by atoms with Crippen LogP contribution >= 0.6 is 0 Å². The average molecular weight is 286 g/mol. The Morgan fingerprint density at radius 3 is 2.24 bits per heavy atom. The van der Waals surface area contributed by atoms with Gasteiger partial charge in [0.2, 0.25) is 0 Å². The van der Waals surface area contributed by atoms with E-state index >= 15 is 0 Å². The molecule has 1 unspecified atom stereocenters. The van der Waals surface area contributed by atoms with Gasteiger partial charge in [0.15, 0.2) is 0 Å². The minimum atomic E-state index is -0.364. The molecule has 0 aliphatic carbocycles. The Bertz CT molecular complexity index is 618. The predicted molar refractivity (Wildman–Crippen MR) is 80.0 cm³/mol. The van der Waals surface area contributed by atoms with Gasteiger partial charge in [-0.2, -0.15) is 0 Å². The molecular weight excluding hydrogens is 268 g/mol. The molecule has 5 N–H and O–H groups in total. The van der Waals surface area contributed by atoms with E-state index in [1.807, 2.05) is 31.2 Å². The lowest BCUT2D eigenvalue weighted by Crippen LogP contribution is -2.26. The number of phenols is 2. The standard InChI is InChI=1S/C16H18N2O3/c1-10(12-4-2-11(9-17)3-5-12)18-16(21)13-6-14(19)8-15(20)7-13/h2-8,10,19-20H,9,17H2,1H3,(H,18,21). The molecule has 0 bridgehead atoms. The molecule has 2 aromatic carbocycles. The fourth-order valence-electron chi connectivity index (χ4n) is 2.03. The van der Waals surface area contributed by atoms with Crippen LogP contribution in [0.5, 0.6) is 11.5 Å². The van der Waals surface area contributed by atoms with Crippen LogP contribution in [-0.4, -0.2) is 16.1 Å². The molecule has 21 heavy (non-hydrogen) atoms. The fraction of sp³-hybridized carbons (Fsp3) is 0.188. The second kappa shape index (κ2) is 6.28. The van der Waals surface area contributed by atoms with E-state index in [2.05, 4.69) is 5.32 Å². The lowest BCUT2D eigenvalue weighted by Gasteiger charge is -2.15. The number of phenolic OH excluding ortho intramolecular Hbond substituents is 2. The third-order valence-corrected chi connectivity index (χ3v) is 3.23. The molecule has 2 aromatic rings. The van der Waals surface area contributed by atoms with Gasteiger partial charge in [0.25, 0.3) is 5.91 Å². The smallest absolute Gasteiger partial charge is 0.252 e. The van der Waals surface area contributed by atoms with Crippen molar-refractivity contribution in [2.45, 2.75) is 19.5 Å². The minimum Gasteiger partial charge on any atom is -0.508 e. The lowest BCUT2D eigenvalue weighted by atomic mass is 10.1. The first-order chi connectivity index (χ1) is 9.99. The molecule has 0 radical (unpaired) electrons. The van der Waals surface area contributed by atoms with Crippen molar-refractivity contribution in [1.82, 2.24) is 5.32 Å². The van der Waals surface area contributed by atoms with Crippen molar-refractivity contribution in [3.63, 3.8) is 0 Å². The Labute approximate surface area is 123 Å². The van der Waals surface area contributed by atoms with Crippen molar-refractivity contribution >= 4 is 5.91 Å². The van der Waals surface area contributed by atoms with Gasteiger partial charge in [-0.3, -0.25) is 4.79 Å². The molecule has 0 aliphatic heterocycles. The Kier molecular flexibility index (Phi) is 4.45. The zero-order chi connectivity index (χ0) is 15.4. The van der Waals surface area contributed by atoms with Crippen LogP contribution in [-0.2, 0) is 6.54 Å². The number of hydrogen-bond donors (Lipinski definition) is 4. The Balaban J connectivity index is 2.10. The molecule has 0 spiro atoms. The number of nitrogens with two attached hydrogens (primary N) is 1. The number of aromatic hydroxyl groups is 2. The maximum atomic E-state index is 12.1. The molecule has 5 heteroatoms. The SMILES string of the molecule is CC(NC(=O)c1cc(O)cc(O)c1)c1ccc(CN)cc1. The molecule has 0 saturated heterocycles. The van der Waals surface area contributed by atoms with Gasteiger partial charge < -0.3 is 21.3 Å². The summed E-state index contributed by atoms with van der Waals surface area (Å²) in [6.07, 6.45) is 0. The van der Waals surface area contributed by atoms with Crippen molar-refractivity contribution in [2.24, 2.45) is 5.73 Å². The summed E-state index contributed by atoms with van der Waals surface area (Å²) in [7, 11) is 0. The molecule has 0 heterocycles. The predicted octanol–water partition coefficient (Wildman–Crippen LogP) is 2.05. The van der Waals surface area contributed by atoms with Crippen LogP contribution in [0.4, 0.5) is 0 Å². The zero-order valence-corrected chi connectivity index (χ0v) is 11.7. The van der Waals surface area contributed by atoms with Crippen molar-refractivity contribution in [2.75, 3.05) is 0 Å². The first-order valence-corrected chi connectivity index (χ1v) is 6.62. The summed E-state index contributed by atoms with van der Waals surface area (Å²) in [5, 5.41) is 21.6. The molecule has 5 nitrogen and oxygen atoms in total. The number of carbonyl (C=O) groups is 1. The van der Waals surface area contributed by atoms with Crippen LogP contribution in [0.2, 0.25) is 0 Å². The van der Waals surface area contributed by atoms with Gasteiger partial charge in [-0.15, -0.1) is 0 Å². The number of nitrogens with one attached hydrogen (secondary N) is 1.